The zero-order valence-corrected chi connectivity index (χ0v) is 9.75. The Morgan fingerprint density at radius 1 is 1.00 bits per heavy atom. The van der Waals surface area contributed by atoms with Crippen LogP contribution < -0.4 is 0 Å². The van der Waals surface area contributed by atoms with Crippen LogP contribution in [0, 0.1) is 0 Å². The molecule has 36 valence electrons. The van der Waals surface area contributed by atoms with Crippen molar-refractivity contribution in [3.8, 4) is 0 Å². The molecule has 0 atom stereocenters. The molecule has 0 unspecified atom stereocenters. The molecule has 0 N–H and O–H groups in total. The van der Waals surface area contributed by atoms with E-state index in [9.17, 15) is 0 Å². The van der Waals surface area contributed by atoms with Crippen LogP contribution in [0.1, 0.15) is 0 Å². The zero-order valence-electron chi connectivity index (χ0n) is 2.54. The van der Waals surface area contributed by atoms with Gasteiger partial charge in [0.25, 0.3) is 0 Å². The van der Waals surface area contributed by atoms with Crippen LogP contribution in [-0.2, 0) is 89.2 Å². The fourth-order valence-corrected chi connectivity index (χ4v) is 0. The van der Waals surface area contributed by atoms with Gasteiger partial charge in [-0.05, 0) is 0 Å². The minimum Gasteiger partial charge on any atom is -1.00 e. The Kier molecular flexibility index (Phi) is 192. The monoisotopic (exact) mass is 324 g/mol. The van der Waals surface area contributed by atoms with Crippen molar-refractivity contribution in [2.75, 3.05) is 0 Å². The summed E-state index contributed by atoms with van der Waals surface area (Å²) in [5.41, 5.74) is 0. The van der Waals surface area contributed by atoms with Gasteiger partial charge < -0.3 is 23.3 Å². The van der Waals surface area contributed by atoms with Gasteiger partial charge in [0.15, 0.2) is 0 Å². The summed E-state index contributed by atoms with van der Waals surface area (Å²) in [4.78, 5) is 0. The van der Waals surface area contributed by atoms with E-state index < -0.39 is 0 Å². The van der Waals surface area contributed by atoms with Gasteiger partial charge in [0.05, 0.1) is 0 Å². The third kappa shape index (κ3) is 30.7. The summed E-state index contributed by atoms with van der Waals surface area (Å²) in [5, 5.41) is 0. The molecule has 1 nitrogen and oxygen atoms in total. The minimum absolute atomic E-state index is 0. The summed E-state index contributed by atoms with van der Waals surface area (Å²) >= 11 is 8.08. The third-order valence-corrected chi connectivity index (χ3v) is 0. The quantitative estimate of drug-likeness (QED) is 0.352. The Hall–Kier alpha value is 2.59. The van der Waals surface area contributed by atoms with Crippen molar-refractivity contribution >= 4 is 23.3 Å². The van der Waals surface area contributed by atoms with Crippen LogP contribution in [0.4, 0.5) is 0 Å². The first-order valence-electron chi connectivity index (χ1n) is 0.371. The van der Waals surface area contributed by atoms with Crippen LogP contribution in [0.3, 0.4) is 0 Å². The third-order valence-electron chi connectivity index (χ3n) is 0. The van der Waals surface area contributed by atoms with Gasteiger partial charge in [0, 0.05) is 42.1 Å². The van der Waals surface area contributed by atoms with Crippen LogP contribution in [0.5, 0.6) is 0 Å². The van der Waals surface area contributed by atoms with Crippen molar-refractivity contribution in [2.24, 2.45) is 0 Å². The Morgan fingerprint density at radius 3 is 1.00 bits per heavy atom. The summed E-state index contributed by atoms with van der Waals surface area (Å²) in [7, 11) is 0. The molecule has 6 heavy (non-hydrogen) atoms. The molecule has 0 saturated carbocycles. The maximum absolute atomic E-state index is 8.25. The smallest absolute Gasteiger partial charge is 1.00 e. The van der Waals surface area contributed by atoms with Crippen molar-refractivity contribution in [3.05, 3.63) is 0 Å². The molecule has 0 aromatic heterocycles. The molecule has 0 bridgehead atoms. The topological polar surface area (TPSA) is 17.1 Å². The number of hydrogen-bond donors (Lipinski definition) is 0. The molecular formula is Mo2OS2Ti-2. The van der Waals surface area contributed by atoms with Crippen LogP contribution in [0.15, 0.2) is 0 Å². The molecule has 0 aliphatic carbocycles. The van der Waals surface area contributed by atoms with E-state index in [1.54, 1.807) is 0 Å². The van der Waals surface area contributed by atoms with Crippen LogP contribution in [-0.4, -0.2) is 0 Å². The molecule has 0 radical (unpaired) electrons. The number of hydrogen-bond acceptors (Lipinski definition) is 3. The summed E-state index contributed by atoms with van der Waals surface area (Å²) in [6.45, 7) is 0. The molecule has 0 aliphatic heterocycles. The van der Waals surface area contributed by atoms with Crippen LogP contribution >= 0.6 is 0 Å². The Morgan fingerprint density at radius 2 is 1.00 bits per heavy atom. The predicted molar refractivity (Wildman–Crippen MR) is 15.4 cm³/mol. The first-order chi connectivity index (χ1) is 2.00. The predicted octanol–water partition coefficient (Wildman–Crippen LogP) is -0.131. The van der Waals surface area contributed by atoms with E-state index in [2.05, 4.69) is 23.3 Å². The minimum atomic E-state index is 0. The average Bonchev–Trinajstić information content (AvgIpc) is 1.50. The first kappa shape index (κ1) is 23.5. The van der Waals surface area contributed by atoms with Crippen molar-refractivity contribution in [2.45, 2.75) is 0 Å². The molecule has 0 rings (SSSR count). The van der Waals surface area contributed by atoms with Crippen molar-refractivity contribution < 1.29 is 65.9 Å². The summed E-state index contributed by atoms with van der Waals surface area (Å²) < 4.78 is 8.25. The van der Waals surface area contributed by atoms with E-state index in [0.717, 1.165) is 20.4 Å². The van der Waals surface area contributed by atoms with E-state index in [4.69, 9.17) is 3.32 Å². The Bertz CT molecular complexity index is 11.5. The van der Waals surface area contributed by atoms with Crippen LogP contribution in [0.25, 0.3) is 0 Å². The first-order valence-corrected chi connectivity index (χ1v) is 2.34. The molecule has 6 heteroatoms. The average molecular weight is 320 g/mol. The fraction of sp³-hybridized carbons (Fsp3) is 0. The molecule has 0 saturated heterocycles. The van der Waals surface area contributed by atoms with Crippen LogP contribution in [0.2, 0.25) is 0 Å². The van der Waals surface area contributed by atoms with E-state index in [0.29, 0.717) is 0 Å². The molecule has 0 aromatic carbocycles. The summed E-state index contributed by atoms with van der Waals surface area (Å²) in [6.07, 6.45) is 0. The van der Waals surface area contributed by atoms with Gasteiger partial charge in [-0.3, -0.25) is 0 Å². The van der Waals surface area contributed by atoms with E-state index >= 15 is 0 Å². The SMILES string of the molecule is [Mo].[Mo].[O]=[Ti].[S-][S-]. The Labute approximate surface area is 87.9 Å². The zero-order chi connectivity index (χ0) is 4.00. The van der Waals surface area contributed by atoms with Gasteiger partial charge in [-0.15, -0.1) is 0 Å². The maximum Gasteiger partial charge on any atom is -1.00 e. The number of rotatable bonds is 0. The Balaban J connectivity index is -0.00000000500. The van der Waals surface area contributed by atoms with E-state index in [-0.39, 0.29) is 42.1 Å². The summed E-state index contributed by atoms with van der Waals surface area (Å²) in [6, 6.07) is 0. The second-order valence-electron chi connectivity index (χ2n) is 0. The van der Waals surface area contributed by atoms with E-state index in [1.807, 2.05) is 0 Å². The van der Waals surface area contributed by atoms with Gasteiger partial charge in [0.2, 0.25) is 0 Å². The standard InChI is InChI=1S/2Mo.O.S2.Ti/c;;;1-2;/q;;;-2;. The maximum atomic E-state index is 8.25. The van der Waals surface area contributed by atoms with Gasteiger partial charge in [-0.25, -0.2) is 0 Å². The molecule has 0 heterocycles. The van der Waals surface area contributed by atoms with Crippen molar-refractivity contribution in [3.63, 3.8) is 0 Å². The fourth-order valence-electron chi connectivity index (χ4n) is 0. The second kappa shape index (κ2) is 49.1. The van der Waals surface area contributed by atoms with E-state index in [1.165, 1.54) is 0 Å². The molecule has 0 aliphatic rings. The molecular weight excluding hydrogens is 320 g/mol. The van der Waals surface area contributed by atoms with Crippen molar-refractivity contribution in [1.82, 2.24) is 0 Å². The molecule has 0 aromatic rings. The van der Waals surface area contributed by atoms with Gasteiger partial charge in [0.1, 0.15) is 0 Å². The molecule has 0 spiro atoms. The second-order valence-corrected chi connectivity index (χ2v) is 0. The molecule has 0 fully saturated rings. The van der Waals surface area contributed by atoms with Crippen molar-refractivity contribution in [1.29, 1.82) is 0 Å². The van der Waals surface area contributed by atoms with Gasteiger partial charge in [-0.2, -0.15) is 0 Å². The normalized spacial score (nSPS) is 1.50. The largest absolute Gasteiger partial charge is 1.00 e. The molecule has 0 amide bonds. The summed E-state index contributed by atoms with van der Waals surface area (Å²) in [5.74, 6) is 0. The van der Waals surface area contributed by atoms with Gasteiger partial charge in [-0.1, -0.05) is 0 Å². The van der Waals surface area contributed by atoms with Gasteiger partial charge >= 0.3 is 23.7 Å².